The molecule has 0 N–H and O–H groups in total. The molecule has 1 saturated heterocycles. The van der Waals surface area contributed by atoms with Crippen LogP contribution in [0.4, 0.5) is 0 Å². The Morgan fingerprint density at radius 1 is 1.33 bits per heavy atom. The van der Waals surface area contributed by atoms with E-state index in [-0.39, 0.29) is 24.0 Å². The van der Waals surface area contributed by atoms with Crippen molar-refractivity contribution in [2.45, 2.75) is 20.3 Å². The van der Waals surface area contributed by atoms with E-state index in [1.165, 1.54) is 13.4 Å². The van der Waals surface area contributed by atoms with E-state index in [0.29, 0.717) is 0 Å². The average molecular weight is 356 g/mol. The molecule has 1 nitrogen and oxygen atoms in total. The van der Waals surface area contributed by atoms with Gasteiger partial charge in [0.15, 0.2) is 0 Å². The van der Waals surface area contributed by atoms with Crippen molar-refractivity contribution in [3.63, 3.8) is 0 Å². The molecule has 0 atom stereocenters. The number of halogens is 1. The molecule has 0 radical (unpaired) electrons. The number of rotatable bonds is 1. The van der Waals surface area contributed by atoms with Crippen molar-refractivity contribution in [1.82, 2.24) is 0 Å². The van der Waals surface area contributed by atoms with Crippen molar-refractivity contribution < 1.29 is 28.7 Å². The molecule has 0 saturated carbocycles. The first-order chi connectivity index (χ1) is 3.93. The van der Waals surface area contributed by atoms with Gasteiger partial charge in [0.2, 0.25) is 0 Å². The first kappa shape index (κ1) is 10.5. The van der Waals surface area contributed by atoms with Gasteiger partial charge in [0.05, 0.1) is 0 Å². The third-order valence-corrected chi connectivity index (χ3v) is 8.02. The standard InChI is InChI=1S/C6H13OTe.HI/c1-2-8-5-3-7-4-6-8;/h2-6H2,1H3;1H/q+1;/p-1. The summed E-state index contributed by atoms with van der Waals surface area (Å²) in [5.41, 5.74) is 0. The second kappa shape index (κ2) is 6.21. The molecule has 0 aromatic rings. The molecule has 0 spiro atoms. The van der Waals surface area contributed by atoms with Crippen LogP contribution in [0.15, 0.2) is 0 Å². The third kappa shape index (κ3) is 4.02. The van der Waals surface area contributed by atoms with Gasteiger partial charge in [-0.3, -0.25) is 0 Å². The monoisotopic (exact) mass is 358 g/mol. The summed E-state index contributed by atoms with van der Waals surface area (Å²) in [6, 6.07) is 0. The Morgan fingerprint density at radius 3 is 2.22 bits per heavy atom. The van der Waals surface area contributed by atoms with Gasteiger partial charge in [0.25, 0.3) is 0 Å². The Labute approximate surface area is 81.2 Å². The molecule has 0 bridgehead atoms. The maximum absolute atomic E-state index is 5.24. The van der Waals surface area contributed by atoms with E-state index in [9.17, 15) is 0 Å². The minimum atomic E-state index is -0.497. The number of hydrogen-bond acceptors (Lipinski definition) is 1. The van der Waals surface area contributed by atoms with E-state index in [2.05, 4.69) is 6.92 Å². The van der Waals surface area contributed by atoms with Gasteiger partial charge in [-0.2, -0.15) is 0 Å². The molecule has 1 rings (SSSR count). The van der Waals surface area contributed by atoms with Crippen LogP contribution in [0.1, 0.15) is 6.92 Å². The summed E-state index contributed by atoms with van der Waals surface area (Å²) in [7, 11) is 0. The fourth-order valence-electron chi connectivity index (χ4n) is 0.846. The van der Waals surface area contributed by atoms with Crippen molar-refractivity contribution in [2.24, 2.45) is 0 Å². The molecule has 0 aliphatic carbocycles. The molecule has 56 valence electrons. The van der Waals surface area contributed by atoms with Crippen LogP contribution >= 0.6 is 0 Å². The molecular weight excluding hydrogens is 343 g/mol. The fourth-order valence-corrected chi connectivity index (χ4v) is 5.09. The molecule has 1 aliphatic heterocycles. The predicted molar refractivity (Wildman–Crippen MR) is 36.7 cm³/mol. The summed E-state index contributed by atoms with van der Waals surface area (Å²) < 4.78 is 9.67. The summed E-state index contributed by atoms with van der Waals surface area (Å²) >= 11 is -0.497. The quantitative estimate of drug-likeness (QED) is 0.412. The SMILES string of the molecule is CC[Te+]1CCOCC1.[I-]. The molecular formula is C6H13IOTe. The first-order valence-electron chi connectivity index (χ1n) is 3.15. The fraction of sp³-hybridized carbons (Fsp3) is 1.00. The predicted octanol–water partition coefficient (Wildman–Crippen LogP) is -1.46. The Bertz CT molecular complexity index is 64.1. The van der Waals surface area contributed by atoms with Crippen LogP contribution in [0, 0.1) is 0 Å². The van der Waals surface area contributed by atoms with E-state index in [0.717, 1.165) is 13.2 Å². The largest absolute Gasteiger partial charge is 1.00 e. The second-order valence-electron chi connectivity index (χ2n) is 1.92. The molecule has 0 aromatic heterocycles. The normalized spacial score (nSPS) is 21.0. The Morgan fingerprint density at radius 2 is 1.89 bits per heavy atom. The Balaban J connectivity index is 0.000000640. The maximum atomic E-state index is 5.24. The van der Waals surface area contributed by atoms with Gasteiger partial charge in [0.1, 0.15) is 0 Å². The number of ether oxygens (including phenoxy) is 1. The van der Waals surface area contributed by atoms with Gasteiger partial charge in [-0.15, -0.1) is 0 Å². The van der Waals surface area contributed by atoms with Crippen molar-refractivity contribution in [3.8, 4) is 0 Å². The summed E-state index contributed by atoms with van der Waals surface area (Å²) in [5, 5.41) is 0. The van der Waals surface area contributed by atoms with E-state index < -0.39 is 19.6 Å². The van der Waals surface area contributed by atoms with Crippen LogP contribution < -0.4 is 24.0 Å². The third-order valence-electron chi connectivity index (χ3n) is 1.44. The van der Waals surface area contributed by atoms with Gasteiger partial charge < -0.3 is 24.0 Å². The van der Waals surface area contributed by atoms with E-state index in [1.54, 1.807) is 0 Å². The van der Waals surface area contributed by atoms with Gasteiger partial charge in [-0.05, 0) is 0 Å². The van der Waals surface area contributed by atoms with E-state index in [1.807, 2.05) is 0 Å². The summed E-state index contributed by atoms with van der Waals surface area (Å²) in [6.45, 7) is 4.48. The van der Waals surface area contributed by atoms with Crippen LogP contribution in [-0.2, 0) is 4.74 Å². The summed E-state index contributed by atoms with van der Waals surface area (Å²) in [4.78, 5) is 0. The van der Waals surface area contributed by atoms with Gasteiger partial charge >= 0.3 is 57.8 Å². The van der Waals surface area contributed by atoms with Crippen molar-refractivity contribution in [2.75, 3.05) is 13.2 Å². The first-order valence-corrected chi connectivity index (χ1v) is 8.09. The zero-order valence-electron chi connectivity index (χ0n) is 5.73. The summed E-state index contributed by atoms with van der Waals surface area (Å²) in [6.07, 6.45) is 0. The Hall–Kier alpha value is 1.48. The van der Waals surface area contributed by atoms with Crippen LogP contribution in [0.2, 0.25) is 13.4 Å². The van der Waals surface area contributed by atoms with Gasteiger partial charge in [0, 0.05) is 0 Å². The molecule has 9 heavy (non-hydrogen) atoms. The molecule has 1 aliphatic rings. The van der Waals surface area contributed by atoms with E-state index >= 15 is 0 Å². The molecule has 1 fully saturated rings. The minimum absolute atomic E-state index is 0. The maximum Gasteiger partial charge on any atom is -1.00 e. The smallest absolute Gasteiger partial charge is 1.00 e. The Kier molecular flexibility index (Phi) is 7.23. The van der Waals surface area contributed by atoms with Crippen LogP contribution in [0.5, 0.6) is 0 Å². The summed E-state index contributed by atoms with van der Waals surface area (Å²) in [5.74, 6) is 0. The second-order valence-corrected chi connectivity index (χ2v) is 9.40. The molecule has 0 aromatic carbocycles. The van der Waals surface area contributed by atoms with E-state index in [4.69, 9.17) is 4.74 Å². The van der Waals surface area contributed by atoms with Gasteiger partial charge in [-0.1, -0.05) is 0 Å². The van der Waals surface area contributed by atoms with Crippen LogP contribution in [-0.4, -0.2) is 32.8 Å². The molecule has 3 heteroatoms. The van der Waals surface area contributed by atoms with Crippen molar-refractivity contribution >= 4 is 19.6 Å². The van der Waals surface area contributed by atoms with Crippen molar-refractivity contribution in [1.29, 1.82) is 0 Å². The van der Waals surface area contributed by atoms with Crippen LogP contribution in [0.25, 0.3) is 0 Å². The van der Waals surface area contributed by atoms with Crippen molar-refractivity contribution in [3.05, 3.63) is 0 Å². The molecule has 0 unspecified atom stereocenters. The topological polar surface area (TPSA) is 9.23 Å². The molecule has 1 heterocycles. The van der Waals surface area contributed by atoms with Gasteiger partial charge in [-0.25, -0.2) is 0 Å². The molecule has 0 amide bonds. The average Bonchev–Trinajstić information content (AvgIpc) is 1.90. The minimum Gasteiger partial charge on any atom is -1.00 e. The zero-order valence-corrected chi connectivity index (χ0v) is 10.2. The van der Waals surface area contributed by atoms with Crippen LogP contribution in [0.3, 0.4) is 0 Å². The number of hydrogen-bond donors (Lipinski definition) is 0. The zero-order chi connectivity index (χ0) is 5.82.